The lowest BCUT2D eigenvalue weighted by atomic mass is 10.1. The maximum absolute atomic E-state index is 12.1. The van der Waals surface area contributed by atoms with Gasteiger partial charge in [0.1, 0.15) is 0 Å². The van der Waals surface area contributed by atoms with Crippen molar-refractivity contribution in [2.45, 2.75) is 12.7 Å². The highest BCUT2D eigenvalue weighted by molar-refractivity contribution is 5.92. The Kier molecular flexibility index (Phi) is 2.60. The standard InChI is InChI=1S/C7H9F3N2O/c8-7(9,10)12-3-1-2-5(4-12)6(11)13/h2H,1,3-4H2,(H2,11,13). The van der Waals surface area contributed by atoms with E-state index >= 15 is 0 Å². The maximum Gasteiger partial charge on any atom is 0.460 e. The molecular formula is C7H9F3N2O. The molecule has 0 fully saturated rings. The quantitative estimate of drug-likeness (QED) is 0.622. The summed E-state index contributed by atoms with van der Waals surface area (Å²) in [6.45, 7) is -0.543. The number of carbonyl (C=O) groups excluding carboxylic acids is 1. The SMILES string of the molecule is NC(=O)C1=CCCN(C(F)(F)F)C1. The van der Waals surface area contributed by atoms with Gasteiger partial charge in [0.15, 0.2) is 0 Å². The van der Waals surface area contributed by atoms with Crippen molar-refractivity contribution in [2.75, 3.05) is 13.1 Å². The minimum absolute atomic E-state index is 0.0311. The molecule has 0 aromatic rings. The average molecular weight is 194 g/mol. The van der Waals surface area contributed by atoms with Crippen molar-refractivity contribution in [3.63, 3.8) is 0 Å². The van der Waals surface area contributed by atoms with Crippen LogP contribution in [0.5, 0.6) is 0 Å². The molecule has 1 rings (SSSR count). The lowest BCUT2D eigenvalue weighted by molar-refractivity contribution is -0.243. The molecule has 2 N–H and O–H groups in total. The number of carbonyl (C=O) groups is 1. The molecule has 6 heteroatoms. The number of alkyl halides is 3. The molecule has 0 spiro atoms. The van der Waals surface area contributed by atoms with Gasteiger partial charge in [0.2, 0.25) is 5.91 Å². The first-order valence-corrected chi connectivity index (χ1v) is 3.72. The van der Waals surface area contributed by atoms with Crippen LogP contribution in [0, 0.1) is 0 Å². The Hall–Kier alpha value is -1.04. The van der Waals surface area contributed by atoms with Gasteiger partial charge in [-0.2, -0.15) is 13.2 Å². The van der Waals surface area contributed by atoms with Gasteiger partial charge in [-0.25, -0.2) is 4.90 Å². The fourth-order valence-corrected chi connectivity index (χ4v) is 1.14. The van der Waals surface area contributed by atoms with E-state index in [1.807, 2.05) is 0 Å². The largest absolute Gasteiger partial charge is 0.460 e. The van der Waals surface area contributed by atoms with Crippen LogP contribution in [0.15, 0.2) is 11.6 Å². The Morgan fingerprint density at radius 3 is 2.62 bits per heavy atom. The third-order valence-corrected chi connectivity index (χ3v) is 1.83. The number of nitrogens with two attached hydrogens (primary N) is 1. The zero-order chi connectivity index (χ0) is 10.1. The molecule has 0 aliphatic carbocycles. The molecule has 0 unspecified atom stereocenters. The van der Waals surface area contributed by atoms with Crippen LogP contribution < -0.4 is 5.73 Å². The molecule has 74 valence electrons. The Morgan fingerprint density at radius 1 is 1.54 bits per heavy atom. The predicted molar refractivity (Wildman–Crippen MR) is 39.5 cm³/mol. The number of nitrogens with zero attached hydrogens (tertiary/aromatic N) is 1. The highest BCUT2D eigenvalue weighted by atomic mass is 19.4. The molecule has 13 heavy (non-hydrogen) atoms. The van der Waals surface area contributed by atoms with Gasteiger partial charge in [-0.3, -0.25) is 4.79 Å². The zero-order valence-electron chi connectivity index (χ0n) is 6.77. The molecule has 0 aromatic carbocycles. The predicted octanol–water partition coefficient (Wildman–Crippen LogP) is 0.624. The average Bonchev–Trinajstić information content (AvgIpc) is 2.03. The molecule has 1 amide bonds. The molecule has 1 aliphatic rings. The summed E-state index contributed by atoms with van der Waals surface area (Å²) >= 11 is 0. The molecule has 0 radical (unpaired) electrons. The fraction of sp³-hybridized carbons (Fsp3) is 0.571. The molecule has 0 saturated carbocycles. The van der Waals surface area contributed by atoms with Crippen LogP contribution in [0.1, 0.15) is 6.42 Å². The third-order valence-electron chi connectivity index (χ3n) is 1.83. The Morgan fingerprint density at radius 2 is 2.15 bits per heavy atom. The second-order valence-corrected chi connectivity index (χ2v) is 2.77. The Bertz CT molecular complexity index is 247. The van der Waals surface area contributed by atoms with Gasteiger partial charge >= 0.3 is 6.30 Å². The Labute approximate surface area is 73.0 Å². The van der Waals surface area contributed by atoms with Crippen molar-refractivity contribution in [1.82, 2.24) is 4.90 Å². The number of amides is 1. The molecule has 0 saturated heterocycles. The normalized spacial score (nSPS) is 19.8. The topological polar surface area (TPSA) is 46.3 Å². The van der Waals surface area contributed by atoms with Crippen molar-refractivity contribution in [2.24, 2.45) is 5.73 Å². The smallest absolute Gasteiger partial charge is 0.366 e. The van der Waals surface area contributed by atoms with E-state index in [0.717, 1.165) is 0 Å². The first-order valence-electron chi connectivity index (χ1n) is 3.72. The molecule has 0 atom stereocenters. The van der Waals surface area contributed by atoms with Gasteiger partial charge in [-0.1, -0.05) is 6.08 Å². The third kappa shape index (κ3) is 2.45. The number of hydrogen-bond donors (Lipinski definition) is 1. The van der Waals surface area contributed by atoms with E-state index in [1.165, 1.54) is 6.08 Å². The maximum atomic E-state index is 12.1. The first-order chi connectivity index (χ1) is 5.91. The van der Waals surface area contributed by atoms with Gasteiger partial charge < -0.3 is 5.73 Å². The van der Waals surface area contributed by atoms with Crippen molar-refractivity contribution in [3.05, 3.63) is 11.6 Å². The summed E-state index contributed by atoms with van der Waals surface area (Å²) in [5.41, 5.74) is 4.90. The first kappa shape index (κ1) is 10.0. The van der Waals surface area contributed by atoms with Crippen molar-refractivity contribution >= 4 is 5.91 Å². The van der Waals surface area contributed by atoms with E-state index in [-0.39, 0.29) is 23.4 Å². The van der Waals surface area contributed by atoms with Crippen LogP contribution in [0.3, 0.4) is 0 Å². The Balaban J connectivity index is 2.68. The second-order valence-electron chi connectivity index (χ2n) is 2.77. The van der Waals surface area contributed by atoms with Crippen molar-refractivity contribution in [3.8, 4) is 0 Å². The van der Waals surface area contributed by atoms with E-state index in [4.69, 9.17) is 5.73 Å². The van der Waals surface area contributed by atoms with Crippen LogP contribution in [-0.4, -0.2) is 30.2 Å². The summed E-state index contributed by atoms with van der Waals surface area (Å²) in [6, 6.07) is 0. The van der Waals surface area contributed by atoms with Gasteiger partial charge in [0.25, 0.3) is 0 Å². The van der Waals surface area contributed by atoms with E-state index in [2.05, 4.69) is 0 Å². The van der Waals surface area contributed by atoms with E-state index in [1.54, 1.807) is 0 Å². The second kappa shape index (κ2) is 3.37. The van der Waals surface area contributed by atoms with Gasteiger partial charge in [-0.15, -0.1) is 0 Å². The molecular weight excluding hydrogens is 185 g/mol. The van der Waals surface area contributed by atoms with Crippen LogP contribution in [0.2, 0.25) is 0 Å². The van der Waals surface area contributed by atoms with Crippen molar-refractivity contribution in [1.29, 1.82) is 0 Å². The lowest BCUT2D eigenvalue weighted by Gasteiger charge is -2.27. The monoisotopic (exact) mass is 194 g/mol. The van der Waals surface area contributed by atoms with Gasteiger partial charge in [0, 0.05) is 18.7 Å². The summed E-state index contributed by atoms with van der Waals surface area (Å²) in [6.07, 6.45) is -2.72. The van der Waals surface area contributed by atoms with Gasteiger partial charge in [-0.05, 0) is 6.42 Å². The molecule has 1 aliphatic heterocycles. The summed E-state index contributed by atoms with van der Waals surface area (Å²) in [5, 5.41) is 0. The number of primary amides is 1. The summed E-state index contributed by atoms with van der Waals surface area (Å²) in [4.78, 5) is 10.9. The van der Waals surface area contributed by atoms with Crippen LogP contribution in [-0.2, 0) is 4.79 Å². The van der Waals surface area contributed by atoms with E-state index < -0.39 is 18.8 Å². The van der Waals surface area contributed by atoms with Gasteiger partial charge in [0.05, 0.1) is 0 Å². The van der Waals surface area contributed by atoms with E-state index in [0.29, 0.717) is 0 Å². The highest BCUT2D eigenvalue weighted by Gasteiger charge is 2.38. The number of hydrogen-bond acceptors (Lipinski definition) is 2. The number of rotatable bonds is 1. The minimum Gasteiger partial charge on any atom is -0.366 e. The summed E-state index contributed by atoms with van der Waals surface area (Å²) in [7, 11) is 0. The van der Waals surface area contributed by atoms with Crippen LogP contribution in [0.25, 0.3) is 0 Å². The summed E-state index contributed by atoms with van der Waals surface area (Å²) < 4.78 is 36.4. The van der Waals surface area contributed by atoms with E-state index in [9.17, 15) is 18.0 Å². The van der Waals surface area contributed by atoms with Crippen LogP contribution >= 0.6 is 0 Å². The fourth-order valence-electron chi connectivity index (χ4n) is 1.14. The minimum atomic E-state index is -4.38. The highest BCUT2D eigenvalue weighted by Crippen LogP contribution is 2.24. The molecule has 3 nitrogen and oxygen atoms in total. The summed E-state index contributed by atoms with van der Waals surface area (Å²) in [5.74, 6) is -0.783. The molecule has 0 aromatic heterocycles. The molecule has 0 bridgehead atoms. The van der Waals surface area contributed by atoms with Crippen molar-refractivity contribution < 1.29 is 18.0 Å². The zero-order valence-corrected chi connectivity index (χ0v) is 6.77. The number of halogens is 3. The lowest BCUT2D eigenvalue weighted by Crippen LogP contribution is -2.43. The van der Waals surface area contributed by atoms with Crippen LogP contribution in [0.4, 0.5) is 13.2 Å². The molecule has 1 heterocycles.